The third-order valence-electron chi connectivity index (χ3n) is 3.92. The second kappa shape index (κ2) is 9.04. The number of hydrogen-bond donors (Lipinski definition) is 0. The molecular formula is C21H24O5. The molecule has 0 spiro atoms. The van der Waals surface area contributed by atoms with Crippen molar-refractivity contribution in [3.05, 3.63) is 60.2 Å². The van der Waals surface area contributed by atoms with Crippen molar-refractivity contribution in [2.45, 2.75) is 27.4 Å². The summed E-state index contributed by atoms with van der Waals surface area (Å²) in [5.41, 5.74) is -0.144. The highest BCUT2D eigenvalue weighted by Gasteiger charge is 2.37. The van der Waals surface area contributed by atoms with Crippen molar-refractivity contribution in [2.75, 3.05) is 13.2 Å². The number of Topliss-reactive ketones (excluding diaryl/α,β-unsaturated/α-hetero) is 1. The van der Waals surface area contributed by atoms with E-state index in [0.717, 1.165) is 5.56 Å². The highest BCUT2D eigenvalue weighted by molar-refractivity contribution is 6.03. The normalized spacial score (nSPS) is 10.9. The van der Waals surface area contributed by atoms with E-state index >= 15 is 0 Å². The van der Waals surface area contributed by atoms with E-state index < -0.39 is 11.4 Å². The molecule has 0 atom stereocenters. The lowest BCUT2D eigenvalue weighted by Crippen LogP contribution is -2.38. The topological polar surface area (TPSA) is 61.8 Å². The van der Waals surface area contributed by atoms with Crippen molar-refractivity contribution < 1.29 is 23.8 Å². The summed E-state index contributed by atoms with van der Waals surface area (Å²) < 4.78 is 16.1. The van der Waals surface area contributed by atoms with E-state index in [1.165, 1.54) is 13.8 Å². The Kier molecular flexibility index (Phi) is 6.78. The molecule has 2 aromatic carbocycles. The SMILES string of the molecule is CCOC(=O)C(C)(C)C(=O)COc1ccc(OCc2ccccc2)cc1. The van der Waals surface area contributed by atoms with Crippen LogP contribution in [0.15, 0.2) is 54.6 Å². The first kappa shape index (κ1) is 19.5. The summed E-state index contributed by atoms with van der Waals surface area (Å²) in [5, 5.41) is 0. The third-order valence-corrected chi connectivity index (χ3v) is 3.92. The van der Waals surface area contributed by atoms with Gasteiger partial charge in [-0.2, -0.15) is 0 Å². The number of rotatable bonds is 9. The number of ether oxygens (including phenoxy) is 3. The zero-order valence-corrected chi connectivity index (χ0v) is 15.4. The zero-order valence-electron chi connectivity index (χ0n) is 15.4. The van der Waals surface area contributed by atoms with Gasteiger partial charge in [0.15, 0.2) is 5.78 Å². The average Bonchev–Trinajstić information content (AvgIpc) is 2.66. The van der Waals surface area contributed by atoms with Gasteiger partial charge in [0.25, 0.3) is 0 Å². The summed E-state index contributed by atoms with van der Waals surface area (Å²) >= 11 is 0. The first-order valence-electron chi connectivity index (χ1n) is 8.53. The molecule has 0 saturated carbocycles. The number of carbonyl (C=O) groups excluding carboxylic acids is 2. The molecule has 0 saturated heterocycles. The lowest BCUT2D eigenvalue weighted by molar-refractivity contribution is -0.158. The maximum Gasteiger partial charge on any atom is 0.319 e. The monoisotopic (exact) mass is 356 g/mol. The van der Waals surface area contributed by atoms with E-state index in [2.05, 4.69) is 0 Å². The summed E-state index contributed by atoms with van der Waals surface area (Å²) in [6.45, 7) is 5.30. The van der Waals surface area contributed by atoms with Crippen molar-refractivity contribution in [3.63, 3.8) is 0 Å². The molecule has 5 heteroatoms. The van der Waals surface area contributed by atoms with Crippen LogP contribution in [0.25, 0.3) is 0 Å². The van der Waals surface area contributed by atoms with E-state index in [1.54, 1.807) is 31.2 Å². The van der Waals surface area contributed by atoms with Gasteiger partial charge in [0.05, 0.1) is 6.61 Å². The summed E-state index contributed by atoms with van der Waals surface area (Å²) in [6.07, 6.45) is 0. The molecule has 138 valence electrons. The molecule has 0 heterocycles. The van der Waals surface area contributed by atoms with Crippen molar-refractivity contribution >= 4 is 11.8 Å². The van der Waals surface area contributed by atoms with Crippen LogP contribution in [0.2, 0.25) is 0 Å². The van der Waals surface area contributed by atoms with Gasteiger partial charge >= 0.3 is 5.97 Å². The first-order valence-corrected chi connectivity index (χ1v) is 8.53. The van der Waals surface area contributed by atoms with Gasteiger partial charge in [-0.1, -0.05) is 30.3 Å². The largest absolute Gasteiger partial charge is 0.489 e. The second-order valence-corrected chi connectivity index (χ2v) is 6.30. The van der Waals surface area contributed by atoms with Crippen LogP contribution >= 0.6 is 0 Å². The highest BCUT2D eigenvalue weighted by Crippen LogP contribution is 2.22. The maximum absolute atomic E-state index is 12.2. The minimum absolute atomic E-state index is 0.198. The lowest BCUT2D eigenvalue weighted by atomic mass is 9.88. The van der Waals surface area contributed by atoms with E-state index in [1.807, 2.05) is 30.3 Å². The molecule has 5 nitrogen and oxygen atoms in total. The molecule has 0 N–H and O–H groups in total. The summed E-state index contributed by atoms with van der Waals surface area (Å²) in [6, 6.07) is 16.9. The van der Waals surface area contributed by atoms with Crippen molar-refractivity contribution in [1.29, 1.82) is 0 Å². The zero-order chi connectivity index (χ0) is 19.0. The molecule has 0 unspecified atom stereocenters. The van der Waals surface area contributed by atoms with Crippen LogP contribution in [0, 0.1) is 5.41 Å². The fraction of sp³-hybridized carbons (Fsp3) is 0.333. The van der Waals surface area contributed by atoms with Gasteiger partial charge in [0, 0.05) is 0 Å². The van der Waals surface area contributed by atoms with Crippen LogP contribution in [0.4, 0.5) is 0 Å². The van der Waals surface area contributed by atoms with Gasteiger partial charge in [-0.3, -0.25) is 9.59 Å². The first-order chi connectivity index (χ1) is 12.4. The molecule has 0 amide bonds. The molecule has 2 aromatic rings. The van der Waals surface area contributed by atoms with Gasteiger partial charge in [-0.25, -0.2) is 0 Å². The third kappa shape index (κ3) is 5.34. The minimum Gasteiger partial charge on any atom is -0.489 e. The van der Waals surface area contributed by atoms with Gasteiger partial charge in [0.1, 0.15) is 30.1 Å². The summed E-state index contributed by atoms with van der Waals surface area (Å²) in [4.78, 5) is 24.1. The fourth-order valence-electron chi connectivity index (χ4n) is 2.13. The molecule has 0 aromatic heterocycles. The Morgan fingerprint density at radius 1 is 0.885 bits per heavy atom. The molecule has 2 rings (SSSR count). The number of hydrogen-bond acceptors (Lipinski definition) is 5. The quantitative estimate of drug-likeness (QED) is 0.505. The number of carbonyl (C=O) groups is 2. The smallest absolute Gasteiger partial charge is 0.319 e. The summed E-state index contributed by atoms with van der Waals surface area (Å²) in [7, 11) is 0. The van der Waals surface area contributed by atoms with Gasteiger partial charge in [-0.05, 0) is 50.6 Å². The highest BCUT2D eigenvalue weighted by atomic mass is 16.5. The number of ketones is 1. The molecular weight excluding hydrogens is 332 g/mol. The van der Waals surface area contributed by atoms with Crippen LogP contribution in [-0.4, -0.2) is 25.0 Å². The Labute approximate surface area is 153 Å². The second-order valence-electron chi connectivity index (χ2n) is 6.30. The van der Waals surface area contributed by atoms with Gasteiger partial charge in [0.2, 0.25) is 0 Å². The van der Waals surface area contributed by atoms with Gasteiger partial charge < -0.3 is 14.2 Å². The standard InChI is InChI=1S/C21H24O5/c1-4-24-20(23)21(2,3)19(22)15-26-18-12-10-17(11-13-18)25-14-16-8-6-5-7-9-16/h5-13H,4,14-15H2,1-3H3. The Balaban J connectivity index is 1.85. The Morgan fingerprint density at radius 3 is 2.04 bits per heavy atom. The van der Waals surface area contributed by atoms with Crippen molar-refractivity contribution in [2.24, 2.45) is 5.41 Å². The predicted molar refractivity (Wildman–Crippen MR) is 98.1 cm³/mol. The van der Waals surface area contributed by atoms with Crippen molar-refractivity contribution in [3.8, 4) is 11.5 Å². The van der Waals surface area contributed by atoms with Crippen LogP contribution in [-0.2, 0) is 20.9 Å². The minimum atomic E-state index is -1.23. The molecule has 0 fully saturated rings. The molecule has 0 bridgehead atoms. The predicted octanol–water partition coefficient (Wildman–Crippen LogP) is 3.80. The van der Waals surface area contributed by atoms with Crippen molar-refractivity contribution in [1.82, 2.24) is 0 Å². The Morgan fingerprint density at radius 2 is 1.46 bits per heavy atom. The van der Waals surface area contributed by atoms with Gasteiger partial charge in [-0.15, -0.1) is 0 Å². The maximum atomic E-state index is 12.2. The van der Waals surface area contributed by atoms with Crippen LogP contribution in [0.5, 0.6) is 11.5 Å². The van der Waals surface area contributed by atoms with Crippen LogP contribution in [0.1, 0.15) is 26.3 Å². The van der Waals surface area contributed by atoms with E-state index in [4.69, 9.17) is 14.2 Å². The number of esters is 1. The molecule has 0 aliphatic carbocycles. The summed E-state index contributed by atoms with van der Waals surface area (Å²) in [5.74, 6) is 0.364. The van der Waals surface area contributed by atoms with E-state index in [9.17, 15) is 9.59 Å². The van der Waals surface area contributed by atoms with Crippen LogP contribution < -0.4 is 9.47 Å². The Bertz CT molecular complexity index is 720. The average molecular weight is 356 g/mol. The molecule has 26 heavy (non-hydrogen) atoms. The fourth-order valence-corrected chi connectivity index (χ4v) is 2.13. The molecule has 0 aliphatic rings. The van der Waals surface area contributed by atoms with E-state index in [0.29, 0.717) is 18.1 Å². The lowest BCUT2D eigenvalue weighted by Gasteiger charge is -2.20. The molecule has 0 radical (unpaired) electrons. The number of benzene rings is 2. The molecule has 0 aliphatic heterocycles. The Hall–Kier alpha value is -2.82. The van der Waals surface area contributed by atoms with Crippen LogP contribution in [0.3, 0.4) is 0 Å². The van der Waals surface area contributed by atoms with E-state index in [-0.39, 0.29) is 19.0 Å².